The lowest BCUT2D eigenvalue weighted by molar-refractivity contribution is 0.107. The average molecular weight is 306 g/mol. The van der Waals surface area contributed by atoms with Crippen molar-refractivity contribution in [2.24, 2.45) is 10.2 Å². The van der Waals surface area contributed by atoms with E-state index in [9.17, 15) is 0 Å². The van der Waals surface area contributed by atoms with E-state index in [-0.39, 0.29) is 0 Å². The van der Waals surface area contributed by atoms with Crippen LogP contribution in [-0.4, -0.2) is 45.6 Å². The van der Waals surface area contributed by atoms with E-state index in [1.807, 2.05) is 0 Å². The monoisotopic (exact) mass is 306 g/mol. The summed E-state index contributed by atoms with van der Waals surface area (Å²) >= 11 is 0. The lowest BCUT2D eigenvalue weighted by Gasteiger charge is -2.38. The van der Waals surface area contributed by atoms with Gasteiger partial charge in [0.15, 0.2) is 0 Å². The third-order valence-electron chi connectivity index (χ3n) is 5.35. The Kier molecular flexibility index (Phi) is 5.87. The van der Waals surface area contributed by atoms with E-state index in [0.29, 0.717) is 24.2 Å². The van der Waals surface area contributed by atoms with Crippen LogP contribution in [-0.2, 0) is 0 Å². The van der Waals surface area contributed by atoms with Gasteiger partial charge in [-0.15, -0.1) is 0 Å². The van der Waals surface area contributed by atoms with Gasteiger partial charge in [0.05, 0.1) is 11.4 Å². The number of nitrogens with zero attached hydrogens (tertiary/aromatic N) is 4. The molecule has 0 aromatic rings. The van der Waals surface area contributed by atoms with E-state index in [1.165, 1.54) is 38.5 Å². The van der Waals surface area contributed by atoms with Crippen molar-refractivity contribution in [2.75, 3.05) is 0 Å². The summed E-state index contributed by atoms with van der Waals surface area (Å²) in [6.07, 6.45) is 7.64. The van der Waals surface area contributed by atoms with Gasteiger partial charge in [-0.2, -0.15) is 10.2 Å². The highest BCUT2D eigenvalue weighted by molar-refractivity contribution is 6.40. The molecule has 0 amide bonds. The smallest absolute Gasteiger partial charge is 0.0804 e. The number of rotatable bonds is 3. The molecule has 22 heavy (non-hydrogen) atoms. The zero-order valence-electron chi connectivity index (χ0n) is 15.3. The number of hydrazone groups is 2. The zero-order chi connectivity index (χ0) is 16.3. The first-order chi connectivity index (χ1) is 10.4. The number of hydrogen-bond donors (Lipinski definition) is 0. The second kappa shape index (κ2) is 7.47. The van der Waals surface area contributed by atoms with Gasteiger partial charge in [0.2, 0.25) is 0 Å². The Hall–Kier alpha value is -1.06. The Balaban J connectivity index is 2.11. The van der Waals surface area contributed by atoms with Gasteiger partial charge in [0.25, 0.3) is 0 Å². The molecule has 0 saturated carbocycles. The fourth-order valence-electron chi connectivity index (χ4n) is 3.70. The van der Waals surface area contributed by atoms with Gasteiger partial charge in [0.1, 0.15) is 0 Å². The molecule has 4 nitrogen and oxygen atoms in total. The molecule has 0 spiro atoms. The van der Waals surface area contributed by atoms with Crippen molar-refractivity contribution in [3.8, 4) is 0 Å². The molecule has 0 aromatic carbocycles. The van der Waals surface area contributed by atoms with Crippen LogP contribution in [0.5, 0.6) is 0 Å². The molecule has 2 aliphatic rings. The Labute approximate surface area is 136 Å². The topological polar surface area (TPSA) is 31.2 Å². The molecule has 0 aliphatic carbocycles. The molecule has 0 bridgehead atoms. The van der Waals surface area contributed by atoms with Crippen LogP contribution < -0.4 is 0 Å². The third-order valence-corrected chi connectivity index (χ3v) is 5.35. The first-order valence-corrected chi connectivity index (χ1v) is 9.07. The summed E-state index contributed by atoms with van der Waals surface area (Å²) < 4.78 is 0. The van der Waals surface area contributed by atoms with Crippen molar-refractivity contribution in [1.29, 1.82) is 0 Å². The predicted molar refractivity (Wildman–Crippen MR) is 95.4 cm³/mol. The highest BCUT2D eigenvalue weighted by Crippen LogP contribution is 2.24. The van der Waals surface area contributed by atoms with Gasteiger partial charge in [0, 0.05) is 24.2 Å². The second-order valence-corrected chi connectivity index (χ2v) is 7.39. The fraction of sp³-hybridized carbons (Fsp3) is 0.889. The van der Waals surface area contributed by atoms with Gasteiger partial charge in [-0.3, -0.25) is 10.0 Å². The molecule has 4 heteroatoms. The van der Waals surface area contributed by atoms with E-state index in [0.717, 1.165) is 11.4 Å². The van der Waals surface area contributed by atoms with Crippen molar-refractivity contribution in [3.63, 3.8) is 0 Å². The highest BCUT2D eigenvalue weighted by Gasteiger charge is 2.25. The van der Waals surface area contributed by atoms with E-state index >= 15 is 0 Å². The molecule has 2 rings (SSSR count). The lowest BCUT2D eigenvalue weighted by Crippen LogP contribution is -2.42. The molecule has 2 heterocycles. The lowest BCUT2D eigenvalue weighted by atomic mass is 10.00. The minimum atomic E-state index is 0.541. The molecule has 0 aromatic heterocycles. The van der Waals surface area contributed by atoms with Gasteiger partial charge in [-0.05, 0) is 80.1 Å². The maximum atomic E-state index is 4.91. The first-order valence-electron chi connectivity index (χ1n) is 9.07. The van der Waals surface area contributed by atoms with Crippen molar-refractivity contribution < 1.29 is 0 Å². The fourth-order valence-corrected chi connectivity index (χ4v) is 3.70. The minimum Gasteiger partial charge on any atom is -0.291 e. The average Bonchev–Trinajstić information content (AvgIpc) is 2.46. The minimum absolute atomic E-state index is 0.541. The standard InChI is InChI=1S/C18H34N4/c1-13-9-7-10-14(2)21(13)19-17(5)18(6)20-22-15(3)11-8-12-16(22)4/h13-16H,7-12H2,1-6H3. The molecule has 0 radical (unpaired) electrons. The predicted octanol–water partition coefficient (Wildman–Crippen LogP) is 4.26. The van der Waals surface area contributed by atoms with E-state index in [4.69, 9.17) is 10.2 Å². The number of hydrogen-bond acceptors (Lipinski definition) is 4. The third kappa shape index (κ3) is 4.02. The van der Waals surface area contributed by atoms with E-state index < -0.39 is 0 Å². The van der Waals surface area contributed by atoms with Crippen LogP contribution in [0.2, 0.25) is 0 Å². The highest BCUT2D eigenvalue weighted by atomic mass is 15.5. The van der Waals surface area contributed by atoms with Crippen molar-refractivity contribution in [1.82, 2.24) is 10.0 Å². The van der Waals surface area contributed by atoms with Crippen molar-refractivity contribution in [3.05, 3.63) is 0 Å². The molecule has 2 fully saturated rings. The zero-order valence-corrected chi connectivity index (χ0v) is 15.3. The summed E-state index contributed by atoms with van der Waals surface area (Å²) in [6, 6.07) is 2.16. The maximum absolute atomic E-state index is 4.91. The summed E-state index contributed by atoms with van der Waals surface area (Å²) in [5, 5.41) is 14.4. The molecule has 4 atom stereocenters. The molecule has 2 saturated heterocycles. The van der Waals surface area contributed by atoms with Gasteiger partial charge < -0.3 is 0 Å². The summed E-state index contributed by atoms with van der Waals surface area (Å²) in [7, 11) is 0. The van der Waals surface area contributed by atoms with Gasteiger partial charge in [-0.25, -0.2) is 0 Å². The van der Waals surface area contributed by atoms with Crippen LogP contribution in [0.1, 0.15) is 80.1 Å². The summed E-state index contributed by atoms with van der Waals surface area (Å²) in [6.45, 7) is 13.3. The molecular weight excluding hydrogens is 272 g/mol. The quantitative estimate of drug-likeness (QED) is 0.729. The summed E-state index contributed by atoms with van der Waals surface area (Å²) in [5.41, 5.74) is 2.12. The summed E-state index contributed by atoms with van der Waals surface area (Å²) in [5.74, 6) is 0. The molecule has 4 unspecified atom stereocenters. The van der Waals surface area contributed by atoms with Crippen LogP contribution in [0.15, 0.2) is 10.2 Å². The van der Waals surface area contributed by atoms with Crippen LogP contribution in [0, 0.1) is 0 Å². The Morgan fingerprint density at radius 2 is 0.909 bits per heavy atom. The van der Waals surface area contributed by atoms with E-state index in [1.54, 1.807) is 0 Å². The van der Waals surface area contributed by atoms with Gasteiger partial charge in [-0.1, -0.05) is 0 Å². The van der Waals surface area contributed by atoms with Crippen LogP contribution in [0.4, 0.5) is 0 Å². The first kappa shape index (κ1) is 17.3. The molecular formula is C18H34N4. The van der Waals surface area contributed by atoms with Crippen LogP contribution in [0.3, 0.4) is 0 Å². The Bertz CT molecular complexity index is 369. The molecule has 126 valence electrons. The second-order valence-electron chi connectivity index (χ2n) is 7.39. The van der Waals surface area contributed by atoms with Crippen LogP contribution >= 0.6 is 0 Å². The number of piperidine rings is 2. The van der Waals surface area contributed by atoms with Crippen molar-refractivity contribution in [2.45, 2.75) is 104 Å². The normalized spacial score (nSPS) is 35.0. The van der Waals surface area contributed by atoms with Crippen LogP contribution in [0.25, 0.3) is 0 Å². The van der Waals surface area contributed by atoms with E-state index in [2.05, 4.69) is 51.6 Å². The summed E-state index contributed by atoms with van der Waals surface area (Å²) in [4.78, 5) is 0. The Morgan fingerprint density at radius 1 is 0.636 bits per heavy atom. The SMILES string of the molecule is CC(=NN1C(C)CCCC1C)C(C)=NN1C(C)CCCC1C. The van der Waals surface area contributed by atoms with Gasteiger partial charge >= 0.3 is 0 Å². The Morgan fingerprint density at radius 3 is 1.18 bits per heavy atom. The van der Waals surface area contributed by atoms with Crippen molar-refractivity contribution >= 4 is 11.4 Å². The molecule has 0 N–H and O–H groups in total. The maximum Gasteiger partial charge on any atom is 0.0804 e. The largest absolute Gasteiger partial charge is 0.291 e. The molecule has 2 aliphatic heterocycles.